The molecular formula is C19H28N2O. The third kappa shape index (κ3) is 3.05. The Morgan fingerprint density at radius 2 is 1.82 bits per heavy atom. The van der Waals surface area contributed by atoms with Crippen LogP contribution < -0.4 is 5.32 Å². The molecule has 3 rings (SSSR count). The molecule has 3 nitrogen and oxygen atoms in total. The molecule has 0 spiro atoms. The van der Waals surface area contributed by atoms with Gasteiger partial charge in [0.1, 0.15) is 0 Å². The van der Waals surface area contributed by atoms with Crippen LogP contribution in [0.4, 0.5) is 0 Å². The van der Waals surface area contributed by atoms with Crippen molar-refractivity contribution in [3.63, 3.8) is 0 Å². The van der Waals surface area contributed by atoms with Crippen LogP contribution in [-0.4, -0.2) is 36.0 Å². The first-order valence-corrected chi connectivity index (χ1v) is 8.67. The van der Waals surface area contributed by atoms with Gasteiger partial charge in [0.05, 0.1) is 5.92 Å². The monoisotopic (exact) mass is 300 g/mol. The number of aryl methyl sites for hydroxylation is 1. The first-order valence-electron chi connectivity index (χ1n) is 8.67. The number of nitrogens with one attached hydrogen (secondary N) is 1. The zero-order chi connectivity index (χ0) is 15.7. The SMILES string of the molecule is CC[C@H](C(=O)NC1CC2CCC(C1)N2C)c1ccc(C)cc1. The van der Waals surface area contributed by atoms with Crippen LogP contribution in [0.3, 0.4) is 0 Å². The van der Waals surface area contributed by atoms with Crippen LogP contribution >= 0.6 is 0 Å². The molecule has 1 amide bonds. The highest BCUT2D eigenvalue weighted by Crippen LogP contribution is 2.34. The van der Waals surface area contributed by atoms with Crippen molar-refractivity contribution in [2.45, 2.75) is 70.0 Å². The summed E-state index contributed by atoms with van der Waals surface area (Å²) in [6.07, 6.45) is 5.67. The molecule has 2 bridgehead atoms. The molecule has 3 atom stereocenters. The molecule has 0 saturated carbocycles. The van der Waals surface area contributed by atoms with Crippen molar-refractivity contribution >= 4 is 5.91 Å². The minimum Gasteiger partial charge on any atom is -0.353 e. The van der Waals surface area contributed by atoms with Gasteiger partial charge >= 0.3 is 0 Å². The van der Waals surface area contributed by atoms with E-state index in [0.717, 1.165) is 24.8 Å². The van der Waals surface area contributed by atoms with Gasteiger partial charge in [0.2, 0.25) is 5.91 Å². The average molecular weight is 300 g/mol. The van der Waals surface area contributed by atoms with E-state index >= 15 is 0 Å². The van der Waals surface area contributed by atoms with Gasteiger partial charge in [-0.05, 0) is 51.6 Å². The number of hydrogen-bond donors (Lipinski definition) is 1. The number of hydrogen-bond acceptors (Lipinski definition) is 2. The Morgan fingerprint density at radius 1 is 1.23 bits per heavy atom. The summed E-state index contributed by atoms with van der Waals surface area (Å²) in [7, 11) is 2.24. The molecule has 3 heteroatoms. The van der Waals surface area contributed by atoms with Crippen molar-refractivity contribution < 1.29 is 4.79 Å². The summed E-state index contributed by atoms with van der Waals surface area (Å²) >= 11 is 0. The number of benzene rings is 1. The number of carbonyl (C=O) groups excluding carboxylic acids is 1. The van der Waals surface area contributed by atoms with E-state index in [1.54, 1.807) is 0 Å². The van der Waals surface area contributed by atoms with Gasteiger partial charge in [-0.2, -0.15) is 0 Å². The summed E-state index contributed by atoms with van der Waals surface area (Å²) < 4.78 is 0. The number of nitrogens with zero attached hydrogens (tertiary/aromatic N) is 1. The molecule has 2 aliphatic rings. The van der Waals surface area contributed by atoms with Crippen molar-refractivity contribution in [1.82, 2.24) is 10.2 Å². The molecule has 2 saturated heterocycles. The topological polar surface area (TPSA) is 32.3 Å². The molecule has 2 unspecified atom stereocenters. The molecule has 2 fully saturated rings. The lowest BCUT2D eigenvalue weighted by atomic mass is 9.92. The lowest BCUT2D eigenvalue weighted by Crippen LogP contribution is -2.49. The van der Waals surface area contributed by atoms with Crippen molar-refractivity contribution in [2.24, 2.45) is 0 Å². The lowest BCUT2D eigenvalue weighted by molar-refractivity contribution is -0.123. The predicted molar refractivity (Wildman–Crippen MR) is 89.9 cm³/mol. The lowest BCUT2D eigenvalue weighted by Gasteiger charge is -2.37. The van der Waals surface area contributed by atoms with Gasteiger partial charge in [-0.3, -0.25) is 4.79 Å². The van der Waals surface area contributed by atoms with Crippen molar-refractivity contribution in [3.05, 3.63) is 35.4 Å². The molecule has 22 heavy (non-hydrogen) atoms. The van der Waals surface area contributed by atoms with Crippen LogP contribution in [0.5, 0.6) is 0 Å². The minimum absolute atomic E-state index is 0.0158. The van der Waals surface area contributed by atoms with Gasteiger partial charge in [-0.1, -0.05) is 36.8 Å². The summed E-state index contributed by atoms with van der Waals surface area (Å²) in [5.74, 6) is 0.193. The summed E-state index contributed by atoms with van der Waals surface area (Å²) in [5, 5.41) is 3.34. The number of rotatable bonds is 4. The minimum atomic E-state index is -0.0158. The molecule has 1 aromatic carbocycles. The summed E-state index contributed by atoms with van der Waals surface area (Å²) in [4.78, 5) is 15.2. The van der Waals surface area contributed by atoms with Gasteiger partial charge in [0.15, 0.2) is 0 Å². The fraction of sp³-hybridized carbons (Fsp3) is 0.632. The summed E-state index contributed by atoms with van der Waals surface area (Å²) in [6, 6.07) is 10.1. The molecule has 120 valence electrons. The highest BCUT2D eigenvalue weighted by molar-refractivity contribution is 5.83. The third-order valence-electron chi connectivity index (χ3n) is 5.65. The maximum absolute atomic E-state index is 12.7. The second kappa shape index (κ2) is 6.41. The highest BCUT2D eigenvalue weighted by Gasteiger charge is 2.39. The van der Waals surface area contributed by atoms with Gasteiger partial charge < -0.3 is 10.2 Å². The maximum Gasteiger partial charge on any atom is 0.227 e. The van der Waals surface area contributed by atoms with Crippen LogP contribution in [0.1, 0.15) is 56.1 Å². The average Bonchev–Trinajstić information content (AvgIpc) is 2.72. The van der Waals surface area contributed by atoms with E-state index in [1.165, 1.54) is 18.4 Å². The van der Waals surface area contributed by atoms with Crippen LogP contribution in [0.25, 0.3) is 0 Å². The van der Waals surface area contributed by atoms with Gasteiger partial charge in [0.25, 0.3) is 0 Å². The Bertz CT molecular complexity index is 511. The molecule has 1 N–H and O–H groups in total. The Balaban J connectivity index is 1.64. The van der Waals surface area contributed by atoms with Crippen LogP contribution in [0.15, 0.2) is 24.3 Å². The molecule has 0 radical (unpaired) electrons. The Kier molecular flexibility index (Phi) is 4.53. The van der Waals surface area contributed by atoms with Crippen LogP contribution in [0.2, 0.25) is 0 Å². The van der Waals surface area contributed by atoms with E-state index in [4.69, 9.17) is 0 Å². The van der Waals surface area contributed by atoms with Crippen LogP contribution in [0, 0.1) is 6.92 Å². The summed E-state index contributed by atoms with van der Waals surface area (Å²) in [5.41, 5.74) is 2.38. The largest absolute Gasteiger partial charge is 0.353 e. The van der Waals surface area contributed by atoms with E-state index in [1.807, 2.05) is 0 Å². The second-order valence-corrected chi connectivity index (χ2v) is 7.10. The third-order valence-corrected chi connectivity index (χ3v) is 5.65. The molecule has 1 aromatic rings. The van der Waals surface area contributed by atoms with E-state index in [0.29, 0.717) is 18.1 Å². The smallest absolute Gasteiger partial charge is 0.227 e. The zero-order valence-electron chi connectivity index (χ0n) is 14.0. The number of piperidine rings is 1. The number of carbonyl (C=O) groups is 1. The Hall–Kier alpha value is -1.35. The van der Waals surface area contributed by atoms with Gasteiger partial charge in [0, 0.05) is 18.1 Å². The fourth-order valence-electron chi connectivity index (χ4n) is 4.20. The van der Waals surface area contributed by atoms with E-state index in [-0.39, 0.29) is 11.8 Å². The molecule has 2 aliphatic heterocycles. The van der Waals surface area contributed by atoms with Crippen molar-refractivity contribution in [2.75, 3.05) is 7.05 Å². The molecular weight excluding hydrogens is 272 g/mol. The van der Waals surface area contributed by atoms with E-state index in [2.05, 4.69) is 55.4 Å². The maximum atomic E-state index is 12.7. The molecule has 0 aromatic heterocycles. The quantitative estimate of drug-likeness (QED) is 0.926. The van der Waals surface area contributed by atoms with Crippen LogP contribution in [-0.2, 0) is 4.79 Å². The van der Waals surface area contributed by atoms with E-state index in [9.17, 15) is 4.79 Å². The van der Waals surface area contributed by atoms with Gasteiger partial charge in [-0.15, -0.1) is 0 Å². The zero-order valence-corrected chi connectivity index (χ0v) is 14.0. The number of fused-ring (bicyclic) bond motifs is 2. The first kappa shape index (κ1) is 15.5. The van der Waals surface area contributed by atoms with Gasteiger partial charge in [-0.25, -0.2) is 0 Å². The Labute approximate surface area is 134 Å². The first-order chi connectivity index (χ1) is 10.6. The predicted octanol–water partition coefficient (Wildman–Crippen LogP) is 3.23. The number of amides is 1. The fourth-order valence-corrected chi connectivity index (χ4v) is 4.20. The van der Waals surface area contributed by atoms with Crippen molar-refractivity contribution in [1.29, 1.82) is 0 Å². The molecule has 2 heterocycles. The second-order valence-electron chi connectivity index (χ2n) is 7.10. The molecule has 0 aliphatic carbocycles. The summed E-state index contributed by atoms with van der Waals surface area (Å²) in [6.45, 7) is 4.18. The standard InChI is InChI=1S/C19H28N2O/c1-4-18(14-7-5-13(2)6-8-14)19(22)20-15-11-16-9-10-17(12-15)21(16)3/h5-8,15-18H,4,9-12H2,1-3H3,(H,20,22)/t15?,16?,17?,18-/m0/s1. The van der Waals surface area contributed by atoms with Crippen molar-refractivity contribution in [3.8, 4) is 0 Å². The normalized spacial score (nSPS) is 29.3. The van der Waals surface area contributed by atoms with E-state index < -0.39 is 0 Å². The Morgan fingerprint density at radius 3 is 2.36 bits per heavy atom. The highest BCUT2D eigenvalue weighted by atomic mass is 16.1.